The summed E-state index contributed by atoms with van der Waals surface area (Å²) in [4.78, 5) is 18.7. The molecule has 3 heterocycles. The third-order valence-electron chi connectivity index (χ3n) is 4.28. The van der Waals surface area contributed by atoms with E-state index in [1.165, 1.54) is 0 Å². The molecule has 1 aliphatic rings. The van der Waals surface area contributed by atoms with Crippen LogP contribution >= 0.6 is 0 Å². The standard InChI is InChI=1S/C17H25N5O3/c1-12(16-5-4-7-25-16)18-17(23)11-21-6-8-24-15(9-21)10-22-14(3)19-13(2)20-22/h4-5,7,12,15H,6,8-11H2,1-3H3,(H,18,23)/t12-,15-/m1/s1. The van der Waals surface area contributed by atoms with E-state index in [0.29, 0.717) is 26.2 Å². The molecule has 1 aliphatic heterocycles. The van der Waals surface area contributed by atoms with Crippen LogP contribution in [-0.2, 0) is 16.1 Å². The summed E-state index contributed by atoms with van der Waals surface area (Å²) in [6, 6.07) is 3.54. The molecule has 8 nitrogen and oxygen atoms in total. The van der Waals surface area contributed by atoms with E-state index in [4.69, 9.17) is 9.15 Å². The predicted molar refractivity (Wildman–Crippen MR) is 90.9 cm³/mol. The third-order valence-corrected chi connectivity index (χ3v) is 4.28. The fourth-order valence-electron chi connectivity index (χ4n) is 3.06. The van der Waals surface area contributed by atoms with E-state index in [1.54, 1.807) is 6.26 Å². The Morgan fingerprint density at radius 1 is 1.48 bits per heavy atom. The van der Waals surface area contributed by atoms with Crippen molar-refractivity contribution >= 4 is 5.91 Å². The fourth-order valence-corrected chi connectivity index (χ4v) is 3.06. The van der Waals surface area contributed by atoms with Crippen molar-refractivity contribution in [1.29, 1.82) is 0 Å². The highest BCUT2D eigenvalue weighted by Crippen LogP contribution is 2.13. The maximum Gasteiger partial charge on any atom is 0.234 e. The van der Waals surface area contributed by atoms with Crippen LogP contribution < -0.4 is 5.32 Å². The SMILES string of the molecule is Cc1nc(C)n(C[C@H]2CN(CC(=O)N[C@H](C)c3ccco3)CCO2)n1. The van der Waals surface area contributed by atoms with Gasteiger partial charge in [-0.3, -0.25) is 9.69 Å². The number of aromatic nitrogens is 3. The van der Waals surface area contributed by atoms with Crippen LogP contribution in [-0.4, -0.2) is 57.9 Å². The fraction of sp³-hybridized carbons (Fsp3) is 0.588. The summed E-state index contributed by atoms with van der Waals surface area (Å²) in [5.74, 6) is 2.38. The molecule has 0 radical (unpaired) electrons. The maximum absolute atomic E-state index is 12.3. The number of carbonyl (C=O) groups is 1. The number of hydrogen-bond acceptors (Lipinski definition) is 6. The van der Waals surface area contributed by atoms with E-state index in [-0.39, 0.29) is 18.1 Å². The highest BCUT2D eigenvalue weighted by molar-refractivity contribution is 5.78. The van der Waals surface area contributed by atoms with E-state index in [2.05, 4.69) is 20.3 Å². The monoisotopic (exact) mass is 347 g/mol. The molecule has 0 saturated carbocycles. The number of amides is 1. The lowest BCUT2D eigenvalue weighted by Crippen LogP contribution is -2.48. The van der Waals surface area contributed by atoms with Gasteiger partial charge in [0.1, 0.15) is 17.4 Å². The average molecular weight is 347 g/mol. The van der Waals surface area contributed by atoms with E-state index >= 15 is 0 Å². The molecule has 1 fully saturated rings. The van der Waals surface area contributed by atoms with Gasteiger partial charge in [0.2, 0.25) is 5.91 Å². The molecule has 1 saturated heterocycles. The Kier molecular flexibility index (Phi) is 5.50. The molecule has 0 bridgehead atoms. The number of carbonyl (C=O) groups excluding carboxylic acids is 1. The number of morpholine rings is 1. The van der Waals surface area contributed by atoms with Gasteiger partial charge in [0, 0.05) is 13.1 Å². The third kappa shape index (κ3) is 4.67. The maximum atomic E-state index is 12.3. The molecule has 0 aromatic carbocycles. The molecule has 0 unspecified atom stereocenters. The summed E-state index contributed by atoms with van der Waals surface area (Å²) >= 11 is 0. The number of furan rings is 1. The molecule has 0 spiro atoms. The Morgan fingerprint density at radius 2 is 2.32 bits per heavy atom. The Morgan fingerprint density at radius 3 is 3.00 bits per heavy atom. The molecule has 25 heavy (non-hydrogen) atoms. The van der Waals surface area contributed by atoms with Gasteiger partial charge in [0.15, 0.2) is 0 Å². The van der Waals surface area contributed by atoms with Gasteiger partial charge in [-0.2, -0.15) is 5.10 Å². The minimum Gasteiger partial charge on any atom is -0.467 e. The van der Waals surface area contributed by atoms with Crippen LogP contribution in [0.5, 0.6) is 0 Å². The van der Waals surface area contributed by atoms with Gasteiger partial charge >= 0.3 is 0 Å². The summed E-state index contributed by atoms with van der Waals surface area (Å²) in [5.41, 5.74) is 0. The van der Waals surface area contributed by atoms with Crippen LogP contribution in [0.2, 0.25) is 0 Å². The van der Waals surface area contributed by atoms with Crippen molar-refractivity contribution in [2.45, 2.75) is 39.5 Å². The van der Waals surface area contributed by atoms with Crippen LogP contribution in [0.4, 0.5) is 0 Å². The molecular formula is C17H25N5O3. The topological polar surface area (TPSA) is 85.4 Å². The van der Waals surface area contributed by atoms with Gasteiger partial charge in [0.05, 0.1) is 38.1 Å². The Balaban J connectivity index is 1.49. The number of aryl methyl sites for hydroxylation is 2. The minimum absolute atomic E-state index is 0.00356. The summed E-state index contributed by atoms with van der Waals surface area (Å²) in [6.07, 6.45) is 1.61. The molecule has 2 atom stereocenters. The molecule has 3 rings (SSSR count). The second-order valence-corrected chi connectivity index (χ2v) is 6.42. The van der Waals surface area contributed by atoms with Crippen LogP contribution in [0.3, 0.4) is 0 Å². The molecule has 2 aromatic heterocycles. The largest absolute Gasteiger partial charge is 0.467 e. The highest BCUT2D eigenvalue weighted by Gasteiger charge is 2.24. The average Bonchev–Trinajstić information content (AvgIpc) is 3.18. The Bertz CT molecular complexity index is 697. The van der Waals surface area contributed by atoms with Crippen LogP contribution in [0.1, 0.15) is 30.4 Å². The minimum atomic E-state index is -0.139. The molecule has 1 N–H and O–H groups in total. The first kappa shape index (κ1) is 17.6. The van der Waals surface area contributed by atoms with Crippen LogP contribution in [0, 0.1) is 13.8 Å². The second kappa shape index (κ2) is 7.79. The van der Waals surface area contributed by atoms with Gasteiger partial charge in [-0.15, -0.1) is 0 Å². The number of hydrogen-bond donors (Lipinski definition) is 1. The zero-order valence-corrected chi connectivity index (χ0v) is 14.9. The molecule has 136 valence electrons. The molecular weight excluding hydrogens is 322 g/mol. The lowest BCUT2D eigenvalue weighted by Gasteiger charge is -2.32. The Labute approximate surface area is 147 Å². The molecule has 8 heteroatoms. The zero-order valence-electron chi connectivity index (χ0n) is 14.9. The smallest absolute Gasteiger partial charge is 0.234 e. The predicted octanol–water partition coefficient (Wildman–Crippen LogP) is 1.07. The van der Waals surface area contributed by atoms with Gasteiger partial charge in [0.25, 0.3) is 0 Å². The molecule has 0 aliphatic carbocycles. The first-order valence-corrected chi connectivity index (χ1v) is 8.56. The summed E-state index contributed by atoms with van der Waals surface area (Å²) < 4.78 is 13.0. The molecule has 2 aromatic rings. The first-order chi connectivity index (χ1) is 12.0. The lowest BCUT2D eigenvalue weighted by atomic mass is 10.2. The van der Waals surface area contributed by atoms with Crippen molar-refractivity contribution in [2.24, 2.45) is 0 Å². The quantitative estimate of drug-likeness (QED) is 0.841. The van der Waals surface area contributed by atoms with Crippen molar-refractivity contribution in [3.8, 4) is 0 Å². The number of rotatable bonds is 6. The van der Waals surface area contributed by atoms with Gasteiger partial charge < -0.3 is 14.5 Å². The Hall–Kier alpha value is -2.19. The van der Waals surface area contributed by atoms with E-state index in [1.807, 2.05) is 37.6 Å². The number of nitrogens with zero attached hydrogens (tertiary/aromatic N) is 4. The van der Waals surface area contributed by atoms with Crippen molar-refractivity contribution < 1.29 is 13.9 Å². The van der Waals surface area contributed by atoms with Crippen molar-refractivity contribution in [2.75, 3.05) is 26.2 Å². The van der Waals surface area contributed by atoms with Crippen LogP contribution in [0.15, 0.2) is 22.8 Å². The lowest BCUT2D eigenvalue weighted by molar-refractivity contribution is -0.125. The summed E-state index contributed by atoms with van der Waals surface area (Å²) in [7, 11) is 0. The van der Waals surface area contributed by atoms with Gasteiger partial charge in [-0.1, -0.05) is 0 Å². The van der Waals surface area contributed by atoms with Crippen molar-refractivity contribution in [3.05, 3.63) is 35.8 Å². The van der Waals surface area contributed by atoms with Crippen molar-refractivity contribution in [3.63, 3.8) is 0 Å². The second-order valence-electron chi connectivity index (χ2n) is 6.42. The van der Waals surface area contributed by atoms with E-state index < -0.39 is 0 Å². The van der Waals surface area contributed by atoms with Gasteiger partial charge in [-0.25, -0.2) is 9.67 Å². The summed E-state index contributed by atoms with van der Waals surface area (Å²) in [6.45, 7) is 8.77. The molecule has 1 amide bonds. The summed E-state index contributed by atoms with van der Waals surface area (Å²) in [5, 5.41) is 7.34. The van der Waals surface area contributed by atoms with Crippen LogP contribution in [0.25, 0.3) is 0 Å². The van der Waals surface area contributed by atoms with Crippen molar-refractivity contribution in [1.82, 2.24) is 25.0 Å². The van der Waals surface area contributed by atoms with E-state index in [0.717, 1.165) is 24.0 Å². The first-order valence-electron chi connectivity index (χ1n) is 8.56. The normalized spacial score (nSPS) is 19.7. The number of nitrogens with one attached hydrogen (secondary N) is 1. The number of ether oxygens (including phenoxy) is 1. The van der Waals surface area contributed by atoms with Gasteiger partial charge in [-0.05, 0) is 32.9 Å². The van der Waals surface area contributed by atoms with E-state index in [9.17, 15) is 4.79 Å². The zero-order chi connectivity index (χ0) is 17.8. The highest BCUT2D eigenvalue weighted by atomic mass is 16.5.